The van der Waals surface area contributed by atoms with Gasteiger partial charge in [-0.05, 0) is 31.0 Å². The molecule has 0 aromatic heterocycles. The van der Waals surface area contributed by atoms with Gasteiger partial charge in [0, 0.05) is 12.0 Å². The highest BCUT2D eigenvalue weighted by Crippen LogP contribution is 2.43. The molecule has 0 radical (unpaired) electrons. The lowest BCUT2D eigenvalue weighted by Gasteiger charge is -2.41. The lowest BCUT2D eigenvalue weighted by molar-refractivity contribution is -0.0323. The second kappa shape index (κ2) is 3.67. The van der Waals surface area contributed by atoms with E-state index in [1.165, 1.54) is 0 Å². The third-order valence-corrected chi connectivity index (χ3v) is 3.52. The van der Waals surface area contributed by atoms with E-state index < -0.39 is 6.10 Å². The molecule has 1 heterocycles. The minimum Gasteiger partial charge on any atom is -0.508 e. The van der Waals surface area contributed by atoms with Crippen LogP contribution in [0.1, 0.15) is 38.9 Å². The summed E-state index contributed by atoms with van der Waals surface area (Å²) >= 11 is 0. The van der Waals surface area contributed by atoms with Crippen LogP contribution in [0.15, 0.2) is 18.2 Å². The third kappa shape index (κ3) is 1.76. The Morgan fingerprint density at radius 1 is 1.44 bits per heavy atom. The average molecular weight is 222 g/mol. The first-order valence-electron chi connectivity index (χ1n) is 5.62. The number of rotatable bonds is 1. The van der Waals surface area contributed by atoms with E-state index in [1.54, 1.807) is 18.2 Å². The Morgan fingerprint density at radius 3 is 2.75 bits per heavy atom. The van der Waals surface area contributed by atoms with Crippen LogP contribution in [0.3, 0.4) is 0 Å². The summed E-state index contributed by atoms with van der Waals surface area (Å²) in [5, 5.41) is 19.5. The molecule has 1 aromatic carbocycles. The summed E-state index contributed by atoms with van der Waals surface area (Å²) in [5.74, 6) is 1.16. The third-order valence-electron chi connectivity index (χ3n) is 3.52. The van der Waals surface area contributed by atoms with Crippen LogP contribution in [-0.4, -0.2) is 15.8 Å². The molecule has 1 aromatic rings. The maximum Gasteiger partial charge on any atom is 0.126 e. The highest BCUT2D eigenvalue weighted by atomic mass is 16.5. The Kier molecular flexibility index (Phi) is 2.58. The first-order chi connectivity index (χ1) is 7.42. The minimum atomic E-state index is -0.566. The van der Waals surface area contributed by atoms with Gasteiger partial charge in [0.2, 0.25) is 0 Å². The molecule has 2 rings (SSSR count). The number of aliphatic hydroxyl groups is 1. The predicted molar refractivity (Wildman–Crippen MR) is 61.6 cm³/mol. The molecule has 2 atom stereocenters. The zero-order valence-corrected chi connectivity index (χ0v) is 9.90. The van der Waals surface area contributed by atoms with Gasteiger partial charge >= 0.3 is 0 Å². The topological polar surface area (TPSA) is 49.7 Å². The SMILES string of the molecule is CC(C)C1(C)CC(O)c2cc(O)ccc2O1. The molecule has 1 aliphatic rings. The largest absolute Gasteiger partial charge is 0.508 e. The second-order valence-corrected chi connectivity index (χ2v) is 5.01. The molecule has 0 saturated carbocycles. The summed E-state index contributed by atoms with van der Waals surface area (Å²) in [7, 11) is 0. The summed E-state index contributed by atoms with van der Waals surface area (Å²) in [4.78, 5) is 0. The van der Waals surface area contributed by atoms with Crippen molar-refractivity contribution in [3.8, 4) is 11.5 Å². The number of phenols is 1. The summed E-state index contributed by atoms with van der Waals surface area (Å²) in [5.41, 5.74) is 0.335. The van der Waals surface area contributed by atoms with Gasteiger partial charge in [-0.25, -0.2) is 0 Å². The van der Waals surface area contributed by atoms with Crippen molar-refractivity contribution in [2.24, 2.45) is 5.92 Å². The number of fused-ring (bicyclic) bond motifs is 1. The molecule has 0 aliphatic carbocycles. The van der Waals surface area contributed by atoms with Gasteiger partial charge in [0.1, 0.15) is 17.1 Å². The number of hydrogen-bond donors (Lipinski definition) is 2. The molecule has 0 amide bonds. The van der Waals surface area contributed by atoms with E-state index in [0.717, 1.165) is 0 Å². The molecule has 1 aliphatic heterocycles. The molecule has 0 saturated heterocycles. The quantitative estimate of drug-likeness (QED) is 0.768. The number of benzene rings is 1. The fourth-order valence-electron chi connectivity index (χ4n) is 2.03. The van der Waals surface area contributed by atoms with Crippen molar-refractivity contribution >= 4 is 0 Å². The highest BCUT2D eigenvalue weighted by Gasteiger charge is 2.39. The van der Waals surface area contributed by atoms with Gasteiger partial charge in [0.25, 0.3) is 0 Å². The van der Waals surface area contributed by atoms with Gasteiger partial charge in [0.15, 0.2) is 0 Å². The van der Waals surface area contributed by atoms with Crippen molar-refractivity contribution in [2.45, 2.75) is 38.9 Å². The van der Waals surface area contributed by atoms with Crippen LogP contribution < -0.4 is 4.74 Å². The van der Waals surface area contributed by atoms with E-state index in [1.807, 2.05) is 6.92 Å². The van der Waals surface area contributed by atoms with Gasteiger partial charge in [0.05, 0.1) is 6.10 Å². The van der Waals surface area contributed by atoms with Gasteiger partial charge in [-0.2, -0.15) is 0 Å². The van der Waals surface area contributed by atoms with Crippen molar-refractivity contribution in [3.63, 3.8) is 0 Å². The van der Waals surface area contributed by atoms with Gasteiger partial charge < -0.3 is 14.9 Å². The zero-order valence-electron chi connectivity index (χ0n) is 9.90. The zero-order chi connectivity index (χ0) is 11.9. The number of phenolic OH excluding ortho intramolecular Hbond substituents is 1. The van der Waals surface area contributed by atoms with E-state index in [-0.39, 0.29) is 11.4 Å². The lowest BCUT2D eigenvalue weighted by atomic mass is 9.82. The van der Waals surface area contributed by atoms with E-state index in [9.17, 15) is 10.2 Å². The van der Waals surface area contributed by atoms with Crippen LogP contribution in [0.4, 0.5) is 0 Å². The second-order valence-electron chi connectivity index (χ2n) is 5.01. The molecule has 2 N–H and O–H groups in total. The number of aromatic hydroxyl groups is 1. The highest BCUT2D eigenvalue weighted by molar-refractivity contribution is 5.43. The molecule has 0 bridgehead atoms. The summed E-state index contributed by atoms with van der Waals surface area (Å²) in [6.45, 7) is 6.17. The van der Waals surface area contributed by atoms with Crippen LogP contribution in [0.25, 0.3) is 0 Å². The standard InChI is InChI=1S/C13H18O3/c1-8(2)13(3)7-11(15)10-6-9(14)4-5-12(10)16-13/h4-6,8,11,14-15H,7H2,1-3H3. The molecular formula is C13H18O3. The van der Waals surface area contributed by atoms with Crippen molar-refractivity contribution in [2.75, 3.05) is 0 Å². The minimum absolute atomic E-state index is 0.162. The number of aliphatic hydroxyl groups excluding tert-OH is 1. The molecule has 0 spiro atoms. The normalized spacial score (nSPS) is 28.7. The molecule has 3 heteroatoms. The van der Waals surface area contributed by atoms with Gasteiger partial charge in [-0.1, -0.05) is 13.8 Å². The maximum atomic E-state index is 10.1. The Labute approximate surface area is 95.7 Å². The molecule has 88 valence electrons. The van der Waals surface area contributed by atoms with Crippen molar-refractivity contribution < 1.29 is 14.9 Å². The van der Waals surface area contributed by atoms with Crippen molar-refractivity contribution in [3.05, 3.63) is 23.8 Å². The maximum absolute atomic E-state index is 10.1. The van der Waals surface area contributed by atoms with E-state index in [2.05, 4.69) is 13.8 Å². The summed E-state index contributed by atoms with van der Waals surface area (Å²) in [6, 6.07) is 4.87. The Hall–Kier alpha value is -1.22. The van der Waals surface area contributed by atoms with Gasteiger partial charge in [-0.15, -0.1) is 0 Å². The monoisotopic (exact) mass is 222 g/mol. The van der Waals surface area contributed by atoms with Crippen LogP contribution in [0.5, 0.6) is 11.5 Å². The van der Waals surface area contributed by atoms with Crippen LogP contribution in [-0.2, 0) is 0 Å². The summed E-state index contributed by atoms with van der Waals surface area (Å²) in [6.07, 6.45) is -0.00977. The Morgan fingerprint density at radius 2 is 2.12 bits per heavy atom. The average Bonchev–Trinajstić information content (AvgIpc) is 2.19. The van der Waals surface area contributed by atoms with Crippen molar-refractivity contribution in [1.82, 2.24) is 0 Å². The number of ether oxygens (including phenoxy) is 1. The molecule has 2 unspecified atom stereocenters. The van der Waals surface area contributed by atoms with E-state index in [4.69, 9.17) is 4.74 Å². The van der Waals surface area contributed by atoms with Crippen molar-refractivity contribution in [1.29, 1.82) is 0 Å². The first-order valence-corrected chi connectivity index (χ1v) is 5.62. The summed E-state index contributed by atoms with van der Waals surface area (Å²) < 4.78 is 5.94. The smallest absolute Gasteiger partial charge is 0.126 e. The first kappa shape index (κ1) is 11.3. The van der Waals surface area contributed by atoms with E-state index in [0.29, 0.717) is 23.7 Å². The van der Waals surface area contributed by atoms with Crippen LogP contribution in [0, 0.1) is 5.92 Å². The van der Waals surface area contributed by atoms with Gasteiger partial charge in [-0.3, -0.25) is 0 Å². The molecular weight excluding hydrogens is 204 g/mol. The molecule has 16 heavy (non-hydrogen) atoms. The Bertz CT molecular complexity index is 400. The molecule has 3 nitrogen and oxygen atoms in total. The van der Waals surface area contributed by atoms with Crippen LogP contribution >= 0.6 is 0 Å². The fraction of sp³-hybridized carbons (Fsp3) is 0.538. The predicted octanol–water partition coefficient (Wildman–Crippen LogP) is 2.62. The number of hydrogen-bond acceptors (Lipinski definition) is 3. The van der Waals surface area contributed by atoms with Crippen LogP contribution in [0.2, 0.25) is 0 Å². The Balaban J connectivity index is 2.40. The lowest BCUT2D eigenvalue weighted by Crippen LogP contribution is -2.42. The molecule has 0 fully saturated rings. The fourth-order valence-corrected chi connectivity index (χ4v) is 2.03. The van der Waals surface area contributed by atoms with E-state index >= 15 is 0 Å².